The van der Waals surface area contributed by atoms with Gasteiger partial charge in [-0.2, -0.15) is 0 Å². The lowest BCUT2D eigenvalue weighted by atomic mass is 10.0. The molecule has 2 aromatic heterocycles. The fourth-order valence-corrected chi connectivity index (χ4v) is 5.02. The SMILES string of the molecule is COc1cc2[nH]c(-c3ccc4c(c3)C(N(C)C)C(OC(=O)NC(C)C)C4)cc(=O)c2cc1-c1cnco1. The zero-order chi connectivity index (χ0) is 26.3. The maximum Gasteiger partial charge on any atom is 0.407 e. The molecule has 0 radical (unpaired) electrons. The largest absolute Gasteiger partial charge is 0.496 e. The standard InChI is InChI=1S/C28H30N4O5/c1-15(2)30-28(34)37-25-9-16-6-7-17(8-18(16)27(25)32(3)4)21-11-23(33)19-10-20(26-13-29-14-36-26)24(35-5)12-22(19)31-21/h6-8,10-15,25,27H,9H2,1-5H3,(H,30,34)(H,31,33). The van der Waals surface area contributed by atoms with Crippen LogP contribution in [-0.2, 0) is 11.2 Å². The summed E-state index contributed by atoms with van der Waals surface area (Å²) in [7, 11) is 5.52. The molecule has 1 amide bonds. The molecule has 2 aromatic carbocycles. The lowest BCUT2D eigenvalue weighted by Gasteiger charge is -2.27. The maximum absolute atomic E-state index is 13.2. The van der Waals surface area contributed by atoms with Crippen molar-refractivity contribution in [2.75, 3.05) is 21.2 Å². The number of rotatable bonds is 6. The minimum atomic E-state index is -0.419. The van der Waals surface area contributed by atoms with E-state index in [1.165, 1.54) is 6.39 Å². The van der Waals surface area contributed by atoms with E-state index in [4.69, 9.17) is 13.9 Å². The lowest BCUT2D eigenvalue weighted by Crippen LogP contribution is -2.38. The third-order valence-electron chi connectivity index (χ3n) is 6.62. The molecule has 9 nitrogen and oxygen atoms in total. The van der Waals surface area contributed by atoms with E-state index in [0.29, 0.717) is 40.1 Å². The van der Waals surface area contributed by atoms with Crippen molar-refractivity contribution in [2.24, 2.45) is 0 Å². The molecule has 9 heteroatoms. The van der Waals surface area contributed by atoms with Crippen LogP contribution in [0.25, 0.3) is 33.5 Å². The number of likely N-dealkylation sites (N-methyl/N-ethyl adjacent to an activating group) is 1. The predicted octanol–water partition coefficient (Wildman–Crippen LogP) is 4.52. The average molecular weight is 503 g/mol. The highest BCUT2D eigenvalue weighted by atomic mass is 16.6. The van der Waals surface area contributed by atoms with Gasteiger partial charge >= 0.3 is 6.09 Å². The van der Waals surface area contributed by atoms with Crippen LogP contribution in [-0.4, -0.2) is 54.3 Å². The van der Waals surface area contributed by atoms with Crippen LogP contribution in [0.3, 0.4) is 0 Å². The summed E-state index contributed by atoms with van der Waals surface area (Å²) in [6.07, 6.45) is 2.82. The van der Waals surface area contributed by atoms with E-state index in [2.05, 4.69) is 26.3 Å². The fourth-order valence-electron chi connectivity index (χ4n) is 5.02. The van der Waals surface area contributed by atoms with Crippen LogP contribution in [0.2, 0.25) is 0 Å². The van der Waals surface area contributed by atoms with Gasteiger partial charge in [0.05, 0.1) is 30.4 Å². The van der Waals surface area contributed by atoms with Crippen LogP contribution in [0.5, 0.6) is 5.75 Å². The van der Waals surface area contributed by atoms with Gasteiger partial charge < -0.3 is 24.2 Å². The number of alkyl carbamates (subject to hydrolysis) is 1. The summed E-state index contributed by atoms with van der Waals surface area (Å²) >= 11 is 0. The molecule has 1 aliphatic carbocycles. The molecule has 2 unspecified atom stereocenters. The van der Waals surface area contributed by atoms with E-state index in [9.17, 15) is 9.59 Å². The van der Waals surface area contributed by atoms with Gasteiger partial charge in [-0.25, -0.2) is 9.78 Å². The molecule has 0 saturated heterocycles. The highest BCUT2D eigenvalue weighted by molar-refractivity contribution is 5.88. The molecule has 0 fully saturated rings. The lowest BCUT2D eigenvalue weighted by molar-refractivity contribution is 0.0523. The van der Waals surface area contributed by atoms with Crippen LogP contribution in [0, 0.1) is 0 Å². The number of nitrogens with one attached hydrogen (secondary N) is 2. The van der Waals surface area contributed by atoms with E-state index in [0.717, 1.165) is 16.7 Å². The summed E-state index contributed by atoms with van der Waals surface area (Å²) in [5.41, 5.74) is 4.94. The summed E-state index contributed by atoms with van der Waals surface area (Å²) < 4.78 is 16.8. The second kappa shape index (κ2) is 9.74. The molecule has 0 aliphatic heterocycles. The van der Waals surface area contributed by atoms with Gasteiger partial charge in [0.15, 0.2) is 17.6 Å². The van der Waals surface area contributed by atoms with Crippen LogP contribution < -0.4 is 15.5 Å². The number of benzene rings is 2. The summed E-state index contributed by atoms with van der Waals surface area (Å²) in [5, 5.41) is 3.32. The molecule has 2 atom stereocenters. The van der Waals surface area contributed by atoms with Crippen molar-refractivity contribution in [3.63, 3.8) is 0 Å². The number of carbonyl (C=O) groups excluding carboxylic acids is 1. The Morgan fingerprint density at radius 1 is 1.22 bits per heavy atom. The first-order valence-electron chi connectivity index (χ1n) is 12.2. The summed E-state index contributed by atoms with van der Waals surface area (Å²) in [5.74, 6) is 1.09. The van der Waals surface area contributed by atoms with E-state index in [1.54, 1.807) is 31.5 Å². The zero-order valence-electron chi connectivity index (χ0n) is 21.5. The van der Waals surface area contributed by atoms with Crippen molar-refractivity contribution in [3.8, 4) is 28.3 Å². The van der Waals surface area contributed by atoms with Gasteiger partial charge in [0.2, 0.25) is 0 Å². The molecule has 192 valence electrons. The minimum absolute atomic E-state index is 0.00383. The third-order valence-corrected chi connectivity index (χ3v) is 6.62. The first-order valence-corrected chi connectivity index (χ1v) is 12.2. The van der Waals surface area contributed by atoms with Crippen molar-refractivity contribution in [1.82, 2.24) is 20.2 Å². The normalized spacial score (nSPS) is 16.8. The molecule has 0 bridgehead atoms. The van der Waals surface area contributed by atoms with E-state index >= 15 is 0 Å². The highest BCUT2D eigenvalue weighted by Crippen LogP contribution is 2.39. The average Bonchev–Trinajstić information content (AvgIpc) is 3.50. The van der Waals surface area contributed by atoms with Crippen molar-refractivity contribution in [1.29, 1.82) is 0 Å². The Kier molecular flexibility index (Phi) is 6.47. The highest BCUT2D eigenvalue weighted by Gasteiger charge is 2.37. The molecule has 5 rings (SSSR count). The Labute approximate surface area is 214 Å². The molecular weight excluding hydrogens is 472 g/mol. The molecule has 2 heterocycles. The first-order chi connectivity index (χ1) is 17.7. The number of nitrogens with zero attached hydrogens (tertiary/aromatic N) is 2. The number of fused-ring (bicyclic) bond motifs is 2. The van der Waals surface area contributed by atoms with Crippen LogP contribution in [0.4, 0.5) is 4.79 Å². The first kappa shape index (κ1) is 24.6. The van der Waals surface area contributed by atoms with Gasteiger partial charge in [-0.1, -0.05) is 12.1 Å². The van der Waals surface area contributed by atoms with E-state index in [1.807, 2.05) is 40.1 Å². The Hall–Kier alpha value is -4.11. The number of aromatic amines is 1. The number of hydrogen-bond donors (Lipinski definition) is 2. The maximum atomic E-state index is 13.2. The molecule has 0 saturated carbocycles. The van der Waals surface area contributed by atoms with Gasteiger partial charge in [-0.15, -0.1) is 0 Å². The quantitative estimate of drug-likeness (QED) is 0.399. The van der Waals surface area contributed by atoms with Crippen LogP contribution >= 0.6 is 0 Å². The Balaban J connectivity index is 1.52. The summed E-state index contributed by atoms with van der Waals surface area (Å²) in [4.78, 5) is 34.9. The van der Waals surface area contributed by atoms with Gasteiger partial charge in [0.1, 0.15) is 11.9 Å². The van der Waals surface area contributed by atoms with E-state index in [-0.39, 0.29) is 23.6 Å². The topological polar surface area (TPSA) is 110 Å². The molecular formula is C28H30N4O5. The number of amides is 1. The van der Waals surface area contributed by atoms with Crippen molar-refractivity contribution in [3.05, 3.63) is 70.3 Å². The molecule has 1 aliphatic rings. The number of hydrogen-bond acceptors (Lipinski definition) is 7. The number of methoxy groups -OCH3 is 1. The fraction of sp³-hybridized carbons (Fsp3) is 0.321. The van der Waals surface area contributed by atoms with Gasteiger partial charge in [-0.05, 0) is 56.8 Å². The number of carbonyl (C=O) groups is 1. The molecule has 37 heavy (non-hydrogen) atoms. The molecule has 0 spiro atoms. The van der Waals surface area contributed by atoms with Crippen LogP contribution in [0.1, 0.15) is 31.0 Å². The van der Waals surface area contributed by atoms with Crippen molar-refractivity contribution < 1.29 is 18.7 Å². The minimum Gasteiger partial charge on any atom is -0.496 e. The van der Waals surface area contributed by atoms with Gasteiger partial charge in [0.25, 0.3) is 0 Å². The predicted molar refractivity (Wildman–Crippen MR) is 141 cm³/mol. The Morgan fingerprint density at radius 3 is 2.70 bits per heavy atom. The molecule has 2 N–H and O–H groups in total. The third kappa shape index (κ3) is 4.70. The second-order valence-electron chi connectivity index (χ2n) is 9.78. The van der Waals surface area contributed by atoms with Gasteiger partial charge in [-0.3, -0.25) is 9.69 Å². The van der Waals surface area contributed by atoms with Crippen LogP contribution in [0.15, 0.2) is 58.2 Å². The summed E-state index contributed by atoms with van der Waals surface area (Å²) in [6, 6.07) is 11.1. The monoisotopic (exact) mass is 502 g/mol. The number of aromatic nitrogens is 2. The second-order valence-corrected chi connectivity index (χ2v) is 9.78. The Morgan fingerprint density at radius 2 is 2.03 bits per heavy atom. The number of ether oxygens (including phenoxy) is 2. The molecule has 4 aromatic rings. The number of H-pyrrole nitrogens is 1. The van der Waals surface area contributed by atoms with Crippen molar-refractivity contribution in [2.45, 2.75) is 38.5 Å². The Bertz CT molecular complexity index is 1510. The van der Waals surface area contributed by atoms with E-state index < -0.39 is 6.09 Å². The van der Waals surface area contributed by atoms with Gasteiger partial charge in [0, 0.05) is 35.7 Å². The van der Waals surface area contributed by atoms with Crippen molar-refractivity contribution >= 4 is 17.0 Å². The smallest absolute Gasteiger partial charge is 0.407 e. The summed E-state index contributed by atoms with van der Waals surface area (Å²) in [6.45, 7) is 3.80. The number of oxazole rings is 1. The zero-order valence-corrected chi connectivity index (χ0v) is 21.5. The number of pyridine rings is 1.